The molecule has 0 aromatic heterocycles. The molecule has 0 amide bonds. The van der Waals surface area contributed by atoms with E-state index in [-0.39, 0.29) is 29.9 Å². The molecule has 38 heavy (non-hydrogen) atoms. The van der Waals surface area contributed by atoms with Crippen LogP contribution in [0.15, 0.2) is 36.4 Å². The minimum atomic E-state index is -4.36. The average molecular weight is 545 g/mol. The van der Waals surface area contributed by atoms with Gasteiger partial charge in [-0.15, -0.1) is 0 Å². The Labute approximate surface area is 221 Å². The van der Waals surface area contributed by atoms with Gasteiger partial charge < -0.3 is 14.2 Å². The number of rotatable bonds is 16. The van der Waals surface area contributed by atoms with Gasteiger partial charge in [-0.3, -0.25) is 0 Å². The van der Waals surface area contributed by atoms with Crippen molar-refractivity contribution in [3.05, 3.63) is 48.0 Å². The summed E-state index contributed by atoms with van der Waals surface area (Å²) in [5.41, 5.74) is 0.347. The first-order valence-corrected chi connectivity index (χ1v) is 13.3. The summed E-state index contributed by atoms with van der Waals surface area (Å²) in [6.45, 7) is 3.93. The Balaban J connectivity index is 1.87. The van der Waals surface area contributed by atoms with Gasteiger partial charge >= 0.3 is 12.3 Å². The van der Waals surface area contributed by atoms with Crippen molar-refractivity contribution in [3.8, 4) is 22.6 Å². The number of unbranched alkanes of at least 4 members (excludes halogenated alkanes) is 6. The summed E-state index contributed by atoms with van der Waals surface area (Å²) in [5.74, 6) is -3.78. The number of halogens is 5. The van der Waals surface area contributed by atoms with Crippen molar-refractivity contribution in [2.45, 2.75) is 84.2 Å². The summed E-state index contributed by atoms with van der Waals surface area (Å²) < 4.78 is 84.0. The fraction of sp³-hybridized carbons (Fsp3) is 0.552. The number of hydrogen-bond donors (Lipinski definition) is 0. The van der Waals surface area contributed by atoms with Crippen molar-refractivity contribution in [2.24, 2.45) is 5.92 Å². The predicted octanol–water partition coefficient (Wildman–Crippen LogP) is 9.65. The summed E-state index contributed by atoms with van der Waals surface area (Å²) in [7, 11) is 0. The third-order valence-corrected chi connectivity index (χ3v) is 6.22. The lowest BCUT2D eigenvalue weighted by molar-refractivity contribution is -0.180. The Morgan fingerprint density at radius 1 is 0.789 bits per heavy atom. The molecule has 0 N–H and O–H groups in total. The van der Waals surface area contributed by atoms with Gasteiger partial charge in [0.15, 0.2) is 11.6 Å². The lowest BCUT2D eigenvalue weighted by atomic mass is 9.97. The predicted molar refractivity (Wildman–Crippen MR) is 136 cm³/mol. The number of alkyl halides is 3. The zero-order valence-corrected chi connectivity index (χ0v) is 22.0. The second kappa shape index (κ2) is 16.2. The molecule has 0 heterocycles. The highest BCUT2D eigenvalue weighted by Crippen LogP contribution is 2.33. The van der Waals surface area contributed by atoms with E-state index >= 15 is 0 Å². The van der Waals surface area contributed by atoms with E-state index in [4.69, 9.17) is 14.2 Å². The van der Waals surface area contributed by atoms with Gasteiger partial charge in [0.25, 0.3) is 0 Å². The van der Waals surface area contributed by atoms with E-state index in [0.717, 1.165) is 44.9 Å². The van der Waals surface area contributed by atoms with E-state index < -0.39 is 36.5 Å². The van der Waals surface area contributed by atoms with Crippen LogP contribution in [0.4, 0.5) is 26.7 Å². The van der Waals surface area contributed by atoms with E-state index in [1.54, 1.807) is 0 Å². The van der Waals surface area contributed by atoms with Crippen molar-refractivity contribution in [2.75, 3.05) is 13.2 Å². The summed E-state index contributed by atoms with van der Waals surface area (Å²) in [6.07, 6.45) is 0.981. The van der Waals surface area contributed by atoms with E-state index in [1.165, 1.54) is 36.4 Å². The monoisotopic (exact) mass is 544 g/mol. The second-order valence-corrected chi connectivity index (χ2v) is 9.25. The van der Waals surface area contributed by atoms with Crippen LogP contribution in [-0.2, 0) is 4.74 Å². The van der Waals surface area contributed by atoms with Crippen LogP contribution in [0.1, 0.15) is 78.1 Å². The summed E-state index contributed by atoms with van der Waals surface area (Å²) in [6, 6.07) is 8.36. The first-order chi connectivity index (χ1) is 18.2. The Morgan fingerprint density at radius 2 is 1.45 bits per heavy atom. The van der Waals surface area contributed by atoms with Crippen LogP contribution in [0.25, 0.3) is 11.1 Å². The first-order valence-electron chi connectivity index (χ1n) is 13.3. The summed E-state index contributed by atoms with van der Waals surface area (Å²) in [4.78, 5) is 11.9. The fourth-order valence-electron chi connectivity index (χ4n) is 3.98. The average Bonchev–Trinajstić information content (AvgIpc) is 2.88. The van der Waals surface area contributed by atoms with E-state index in [1.807, 2.05) is 6.92 Å². The normalized spacial score (nSPS) is 12.3. The van der Waals surface area contributed by atoms with Crippen LogP contribution in [0.2, 0.25) is 0 Å². The lowest BCUT2D eigenvalue weighted by Crippen LogP contribution is -2.25. The van der Waals surface area contributed by atoms with Gasteiger partial charge in [0.05, 0.1) is 19.1 Å². The topological polar surface area (TPSA) is 44.8 Å². The molecule has 0 spiro atoms. The van der Waals surface area contributed by atoms with Gasteiger partial charge in [0, 0.05) is 5.56 Å². The van der Waals surface area contributed by atoms with E-state index in [0.29, 0.717) is 18.6 Å². The SMILES string of the molecule is CCCCCCOc1ccc(-c2ccc(OC(=O)OCCC(CCCCCC)C(F)(F)F)cc2)c(F)c1F. The Bertz CT molecular complexity index is 976. The maximum Gasteiger partial charge on any atom is 0.513 e. The minimum absolute atomic E-state index is 0.00656. The number of ether oxygens (including phenoxy) is 3. The molecule has 2 aromatic rings. The van der Waals surface area contributed by atoms with Crippen molar-refractivity contribution >= 4 is 6.16 Å². The fourth-order valence-corrected chi connectivity index (χ4v) is 3.98. The molecule has 0 aliphatic rings. The number of carbonyl (C=O) groups excluding carboxylic acids is 1. The van der Waals surface area contributed by atoms with E-state index in [9.17, 15) is 26.7 Å². The largest absolute Gasteiger partial charge is 0.513 e. The van der Waals surface area contributed by atoms with Crippen molar-refractivity contribution in [3.63, 3.8) is 0 Å². The summed E-state index contributed by atoms with van der Waals surface area (Å²) >= 11 is 0. The molecule has 1 unspecified atom stereocenters. The maximum atomic E-state index is 14.7. The second-order valence-electron chi connectivity index (χ2n) is 9.25. The molecule has 4 nitrogen and oxygen atoms in total. The molecule has 0 saturated carbocycles. The van der Waals surface area contributed by atoms with Crippen LogP contribution in [0, 0.1) is 17.6 Å². The highest BCUT2D eigenvalue weighted by molar-refractivity contribution is 5.68. The molecule has 0 bridgehead atoms. The quantitative estimate of drug-likeness (QED) is 0.0913. The molecule has 2 rings (SSSR count). The van der Waals surface area contributed by atoms with Crippen LogP contribution in [-0.4, -0.2) is 25.5 Å². The maximum absolute atomic E-state index is 14.7. The molecule has 9 heteroatoms. The van der Waals surface area contributed by atoms with Crippen LogP contribution in [0.3, 0.4) is 0 Å². The van der Waals surface area contributed by atoms with Crippen molar-refractivity contribution in [1.29, 1.82) is 0 Å². The molecule has 2 aromatic carbocycles. The minimum Gasteiger partial charge on any atom is -0.490 e. The Morgan fingerprint density at radius 3 is 2.08 bits per heavy atom. The van der Waals surface area contributed by atoms with Gasteiger partial charge in [-0.25, -0.2) is 9.18 Å². The number of carbonyl (C=O) groups is 1. The first kappa shape index (κ1) is 31.4. The van der Waals surface area contributed by atoms with Gasteiger partial charge in [0.1, 0.15) is 5.75 Å². The molecule has 0 aliphatic heterocycles. The highest BCUT2D eigenvalue weighted by Gasteiger charge is 2.38. The zero-order chi connectivity index (χ0) is 28.0. The number of benzene rings is 2. The molecule has 0 aliphatic carbocycles. The Kier molecular flexibility index (Phi) is 13.4. The highest BCUT2D eigenvalue weighted by atomic mass is 19.4. The van der Waals surface area contributed by atoms with Crippen molar-refractivity contribution in [1.82, 2.24) is 0 Å². The van der Waals surface area contributed by atoms with Gasteiger partial charge in [-0.2, -0.15) is 17.6 Å². The van der Waals surface area contributed by atoms with Crippen LogP contribution >= 0.6 is 0 Å². The third kappa shape index (κ3) is 10.5. The molecule has 0 saturated heterocycles. The lowest BCUT2D eigenvalue weighted by Gasteiger charge is -2.20. The van der Waals surface area contributed by atoms with Crippen LogP contribution < -0.4 is 9.47 Å². The van der Waals surface area contributed by atoms with Gasteiger partial charge in [-0.05, 0) is 49.1 Å². The molecular formula is C29H37F5O4. The zero-order valence-electron chi connectivity index (χ0n) is 22.0. The Hall–Kier alpha value is -2.84. The van der Waals surface area contributed by atoms with Gasteiger partial charge in [0.2, 0.25) is 5.82 Å². The van der Waals surface area contributed by atoms with E-state index in [2.05, 4.69) is 6.92 Å². The molecule has 212 valence electrons. The molecular weight excluding hydrogens is 507 g/mol. The molecule has 1 atom stereocenters. The van der Waals surface area contributed by atoms with Crippen molar-refractivity contribution < 1.29 is 41.0 Å². The van der Waals surface area contributed by atoms with Crippen LogP contribution in [0.5, 0.6) is 11.5 Å². The number of hydrogen-bond acceptors (Lipinski definition) is 4. The standard InChI is InChI=1S/C29H37F5O4/c1-3-5-7-9-11-22(29(32,33)34)18-20-37-28(35)38-23-14-12-21(13-15-23)24-16-17-25(27(31)26(24)30)36-19-10-8-6-4-2/h12-17,22H,3-11,18-20H2,1-2H3. The molecule has 0 fully saturated rings. The third-order valence-electron chi connectivity index (χ3n) is 6.22. The smallest absolute Gasteiger partial charge is 0.490 e. The van der Waals surface area contributed by atoms with Gasteiger partial charge in [-0.1, -0.05) is 70.9 Å². The molecule has 0 radical (unpaired) electrons. The summed E-state index contributed by atoms with van der Waals surface area (Å²) in [5, 5.41) is 0.